The monoisotopic (exact) mass is 410 g/mol. The molecule has 2 saturated carbocycles. The van der Waals surface area contributed by atoms with Crippen LogP contribution in [-0.2, 0) is 6.54 Å². The average Bonchev–Trinajstić information content (AvgIpc) is 3.61. The summed E-state index contributed by atoms with van der Waals surface area (Å²) in [6.45, 7) is 0.390. The molecule has 9 heteroatoms. The van der Waals surface area contributed by atoms with Crippen molar-refractivity contribution in [2.45, 2.75) is 44.9 Å². The number of aliphatic imine (C=N–C) groups is 1. The highest BCUT2D eigenvalue weighted by atomic mass is 19.3. The van der Waals surface area contributed by atoms with Gasteiger partial charge in [-0.1, -0.05) is 0 Å². The number of benzene rings is 1. The SMILES string of the molecule is CN=C(NCCN(CC1CC1)C1CC1)NCc1cc2c(cc1OC(F)F)OCO2. The van der Waals surface area contributed by atoms with Crippen LogP contribution >= 0.6 is 0 Å². The first-order valence-electron chi connectivity index (χ1n) is 10.2. The highest BCUT2D eigenvalue weighted by Gasteiger charge is 2.33. The maximum Gasteiger partial charge on any atom is 0.387 e. The van der Waals surface area contributed by atoms with Crippen LogP contribution in [0.4, 0.5) is 8.78 Å². The highest BCUT2D eigenvalue weighted by Crippen LogP contribution is 2.38. The minimum absolute atomic E-state index is 0.0662. The van der Waals surface area contributed by atoms with Crippen LogP contribution in [0.2, 0.25) is 0 Å². The molecule has 0 bridgehead atoms. The van der Waals surface area contributed by atoms with E-state index >= 15 is 0 Å². The van der Waals surface area contributed by atoms with E-state index in [2.05, 4.69) is 25.3 Å². The topological polar surface area (TPSA) is 67.4 Å². The van der Waals surface area contributed by atoms with Gasteiger partial charge in [0.2, 0.25) is 6.79 Å². The lowest BCUT2D eigenvalue weighted by Crippen LogP contribution is -2.42. The van der Waals surface area contributed by atoms with Crippen molar-refractivity contribution in [3.05, 3.63) is 17.7 Å². The van der Waals surface area contributed by atoms with Gasteiger partial charge in [-0.3, -0.25) is 9.89 Å². The number of hydrogen-bond donors (Lipinski definition) is 2. The van der Waals surface area contributed by atoms with Crippen LogP contribution in [0.3, 0.4) is 0 Å². The van der Waals surface area contributed by atoms with E-state index < -0.39 is 6.61 Å². The molecule has 0 spiro atoms. The molecule has 160 valence electrons. The summed E-state index contributed by atoms with van der Waals surface area (Å²) in [6, 6.07) is 3.84. The summed E-state index contributed by atoms with van der Waals surface area (Å²) in [4.78, 5) is 6.80. The zero-order valence-corrected chi connectivity index (χ0v) is 16.6. The third kappa shape index (κ3) is 5.62. The molecule has 29 heavy (non-hydrogen) atoms. The first-order valence-corrected chi connectivity index (χ1v) is 10.2. The normalized spacial score (nSPS) is 18.4. The predicted molar refractivity (Wildman–Crippen MR) is 105 cm³/mol. The van der Waals surface area contributed by atoms with Gasteiger partial charge in [-0.05, 0) is 37.7 Å². The summed E-state index contributed by atoms with van der Waals surface area (Å²) >= 11 is 0. The third-order valence-electron chi connectivity index (χ3n) is 5.39. The van der Waals surface area contributed by atoms with E-state index in [1.54, 1.807) is 13.1 Å². The van der Waals surface area contributed by atoms with Gasteiger partial charge < -0.3 is 24.8 Å². The van der Waals surface area contributed by atoms with Crippen molar-refractivity contribution < 1.29 is 23.0 Å². The number of guanidine groups is 1. The minimum atomic E-state index is -2.91. The van der Waals surface area contributed by atoms with Crippen molar-refractivity contribution in [1.82, 2.24) is 15.5 Å². The third-order valence-corrected chi connectivity index (χ3v) is 5.39. The Morgan fingerprint density at radius 1 is 1.21 bits per heavy atom. The molecule has 2 fully saturated rings. The molecule has 0 atom stereocenters. The van der Waals surface area contributed by atoms with Crippen LogP contribution in [0, 0.1) is 5.92 Å². The Morgan fingerprint density at radius 3 is 2.62 bits per heavy atom. The van der Waals surface area contributed by atoms with E-state index in [0.29, 0.717) is 23.0 Å². The number of rotatable bonds is 10. The Labute approximate surface area is 169 Å². The van der Waals surface area contributed by atoms with Gasteiger partial charge in [0.1, 0.15) is 5.75 Å². The fourth-order valence-corrected chi connectivity index (χ4v) is 3.52. The maximum absolute atomic E-state index is 12.8. The van der Waals surface area contributed by atoms with E-state index in [1.807, 2.05) is 0 Å². The molecule has 1 aliphatic heterocycles. The molecule has 2 aliphatic carbocycles. The van der Waals surface area contributed by atoms with Crippen LogP contribution in [0.15, 0.2) is 17.1 Å². The lowest BCUT2D eigenvalue weighted by Gasteiger charge is -2.22. The number of halogens is 2. The van der Waals surface area contributed by atoms with Crippen molar-refractivity contribution >= 4 is 5.96 Å². The lowest BCUT2D eigenvalue weighted by molar-refractivity contribution is -0.0505. The fourth-order valence-electron chi connectivity index (χ4n) is 3.52. The van der Waals surface area contributed by atoms with Crippen LogP contribution < -0.4 is 24.8 Å². The Bertz CT molecular complexity index is 739. The van der Waals surface area contributed by atoms with Gasteiger partial charge in [0.25, 0.3) is 0 Å². The summed E-state index contributed by atoms with van der Waals surface area (Å²) in [5, 5.41) is 6.47. The Kier molecular flexibility index (Phi) is 6.22. The number of nitrogens with one attached hydrogen (secondary N) is 2. The molecule has 0 unspecified atom stereocenters. The van der Waals surface area contributed by atoms with E-state index in [9.17, 15) is 8.78 Å². The molecule has 3 aliphatic rings. The highest BCUT2D eigenvalue weighted by molar-refractivity contribution is 5.79. The first kappa shape index (κ1) is 20.0. The smallest absolute Gasteiger partial charge is 0.387 e. The number of hydrogen-bond acceptors (Lipinski definition) is 5. The number of fused-ring (bicyclic) bond motifs is 1. The second-order valence-corrected chi connectivity index (χ2v) is 7.71. The molecule has 2 N–H and O–H groups in total. The molecule has 1 aromatic rings. The van der Waals surface area contributed by atoms with Crippen molar-refractivity contribution in [2.24, 2.45) is 10.9 Å². The summed E-state index contributed by atoms with van der Waals surface area (Å²) in [5.74, 6) is 2.49. The standard InChI is InChI=1S/C20H28F2N4O3/c1-23-20(24-6-7-26(15-4-5-15)11-13-2-3-13)25-10-14-8-17-18(28-12-27-17)9-16(14)29-19(21)22/h8-9,13,15,19H,2-7,10-12H2,1H3,(H2,23,24,25). The van der Waals surface area contributed by atoms with Gasteiger partial charge in [-0.25, -0.2) is 0 Å². The number of nitrogens with zero attached hydrogens (tertiary/aromatic N) is 2. The van der Waals surface area contributed by atoms with Crippen molar-refractivity contribution in [2.75, 3.05) is 33.5 Å². The van der Waals surface area contributed by atoms with E-state index in [4.69, 9.17) is 9.47 Å². The fraction of sp³-hybridized carbons (Fsp3) is 0.650. The van der Waals surface area contributed by atoms with Crippen molar-refractivity contribution in [3.8, 4) is 17.2 Å². The van der Waals surface area contributed by atoms with Gasteiger partial charge in [0.15, 0.2) is 17.5 Å². The van der Waals surface area contributed by atoms with Crippen molar-refractivity contribution in [3.63, 3.8) is 0 Å². The summed E-state index contributed by atoms with van der Waals surface area (Å²) < 4.78 is 40.8. The zero-order valence-electron chi connectivity index (χ0n) is 16.6. The van der Waals surface area contributed by atoms with Crippen LogP contribution in [0.1, 0.15) is 31.2 Å². The molecule has 0 saturated heterocycles. The molecule has 4 rings (SSSR count). The Balaban J connectivity index is 1.29. The van der Waals surface area contributed by atoms with Gasteiger partial charge >= 0.3 is 6.61 Å². The Hall–Kier alpha value is -2.29. The van der Waals surface area contributed by atoms with Gasteiger partial charge in [0.05, 0.1) is 0 Å². The zero-order chi connectivity index (χ0) is 20.2. The quantitative estimate of drug-likeness (QED) is 0.457. The van der Waals surface area contributed by atoms with Gasteiger partial charge in [0, 0.05) is 50.9 Å². The molecule has 0 radical (unpaired) electrons. The summed E-state index contributed by atoms with van der Waals surface area (Å²) in [6.07, 6.45) is 5.32. The van der Waals surface area contributed by atoms with Crippen molar-refractivity contribution in [1.29, 1.82) is 0 Å². The second kappa shape index (κ2) is 9.02. The molecular weight excluding hydrogens is 382 g/mol. The molecule has 1 aromatic carbocycles. The molecular formula is C20H28F2N4O3. The van der Waals surface area contributed by atoms with Gasteiger partial charge in [-0.2, -0.15) is 8.78 Å². The first-order chi connectivity index (χ1) is 14.1. The minimum Gasteiger partial charge on any atom is -0.454 e. The van der Waals surface area contributed by atoms with Gasteiger partial charge in [-0.15, -0.1) is 0 Å². The Morgan fingerprint density at radius 2 is 1.97 bits per heavy atom. The molecule has 0 aromatic heterocycles. The summed E-state index contributed by atoms with van der Waals surface area (Å²) in [7, 11) is 1.69. The van der Waals surface area contributed by atoms with E-state index in [1.165, 1.54) is 38.3 Å². The number of alkyl halides is 2. The second-order valence-electron chi connectivity index (χ2n) is 7.71. The molecule has 0 amide bonds. The maximum atomic E-state index is 12.8. The predicted octanol–water partition coefficient (Wildman–Crippen LogP) is 2.56. The lowest BCUT2D eigenvalue weighted by atomic mass is 10.1. The summed E-state index contributed by atoms with van der Waals surface area (Å²) in [5.41, 5.74) is 0.547. The van der Waals surface area contributed by atoms with E-state index in [0.717, 1.165) is 25.0 Å². The molecule has 1 heterocycles. The molecule has 7 nitrogen and oxygen atoms in total. The number of ether oxygens (including phenoxy) is 3. The average molecular weight is 410 g/mol. The van der Waals surface area contributed by atoms with E-state index in [-0.39, 0.29) is 19.1 Å². The van der Waals surface area contributed by atoms with Crippen LogP contribution in [0.5, 0.6) is 17.2 Å². The largest absolute Gasteiger partial charge is 0.454 e. The van der Waals surface area contributed by atoms with Crippen LogP contribution in [-0.4, -0.2) is 57.0 Å². The van der Waals surface area contributed by atoms with Crippen LogP contribution in [0.25, 0.3) is 0 Å².